The molecule has 51 heavy (non-hydrogen) atoms. The van der Waals surface area contributed by atoms with Gasteiger partial charge in [-0.1, -0.05) is 88.7 Å². The van der Waals surface area contributed by atoms with Crippen molar-refractivity contribution in [3.8, 4) is 23.0 Å². The van der Waals surface area contributed by atoms with Crippen LogP contribution in [0.5, 0.6) is 23.0 Å². The summed E-state index contributed by atoms with van der Waals surface area (Å²) < 4.78 is 68.2. The Labute approximate surface area is 301 Å². The number of imide groups is 1. The number of carbonyl (C=O) groups excluding carboxylic acids is 2. The lowest BCUT2D eigenvalue weighted by atomic mass is 10.1. The molecule has 268 valence electrons. The number of hydrogen-bond donors (Lipinski definition) is 2. The number of rotatable bonds is 14. The quantitative estimate of drug-likeness (QED) is 0.0986. The first kappa shape index (κ1) is 36.6. The summed E-state index contributed by atoms with van der Waals surface area (Å²) in [7, 11) is -9.04. The van der Waals surface area contributed by atoms with Crippen molar-refractivity contribution in [2.24, 2.45) is 0 Å². The molecule has 2 aliphatic rings. The highest BCUT2D eigenvalue weighted by atomic mass is 79.9. The average Bonchev–Trinajstić information content (AvgIpc) is 3.49. The number of aliphatic hydroxyl groups is 1. The number of urea groups is 1. The van der Waals surface area contributed by atoms with Crippen LogP contribution in [-0.2, 0) is 27.7 Å². The Balaban J connectivity index is 1.31. The Morgan fingerprint density at radius 3 is 1.61 bits per heavy atom. The molecule has 17 heteroatoms. The maximum atomic E-state index is 14.4. The molecule has 5 atom stereocenters. The largest absolute Gasteiger partial charge is 0.587 e. The first-order valence-electron chi connectivity index (χ1n) is 15.6. The van der Waals surface area contributed by atoms with Crippen molar-refractivity contribution < 1.29 is 55.7 Å². The maximum Gasteiger partial charge on any atom is 0.587 e. The molecule has 0 saturated carbocycles. The SMILES string of the molecule is CC1(Br)C(=O)NC(=O)N([C@H]2C[C@H](OP(=O)(Oc3ccccc3)Oc3ccccc3)[C@@H](COP(=O)(Oc3ccccc3)Oc3ccccc3)O2)[C@H]1O. The van der Waals surface area contributed by atoms with Crippen LogP contribution in [0.25, 0.3) is 0 Å². The summed E-state index contributed by atoms with van der Waals surface area (Å²) in [5.74, 6) is -0.0775. The van der Waals surface area contributed by atoms with Crippen molar-refractivity contribution in [1.82, 2.24) is 10.2 Å². The molecule has 2 N–H and O–H groups in total. The third-order valence-electron chi connectivity index (χ3n) is 7.64. The second-order valence-electron chi connectivity index (χ2n) is 11.4. The van der Waals surface area contributed by atoms with E-state index >= 15 is 0 Å². The first-order valence-corrected chi connectivity index (χ1v) is 19.3. The number of benzene rings is 4. The minimum atomic E-state index is -4.57. The fourth-order valence-electron chi connectivity index (χ4n) is 5.10. The van der Waals surface area contributed by atoms with Gasteiger partial charge in [-0.2, -0.15) is 0 Å². The van der Waals surface area contributed by atoms with E-state index in [1.807, 2.05) is 0 Å². The van der Waals surface area contributed by atoms with E-state index in [0.29, 0.717) is 0 Å². The predicted molar refractivity (Wildman–Crippen MR) is 186 cm³/mol. The highest BCUT2D eigenvalue weighted by Gasteiger charge is 2.55. The predicted octanol–water partition coefficient (Wildman–Crippen LogP) is 7.06. The minimum Gasteiger partial charge on any atom is -0.395 e. The molecule has 0 aromatic heterocycles. The van der Waals surface area contributed by atoms with Crippen LogP contribution in [0.15, 0.2) is 121 Å². The summed E-state index contributed by atoms with van der Waals surface area (Å²) >= 11 is 3.19. The number of halogens is 1. The van der Waals surface area contributed by atoms with E-state index in [2.05, 4.69) is 21.2 Å². The second-order valence-corrected chi connectivity index (χ2v) is 16.1. The average molecular weight is 803 g/mol. The lowest BCUT2D eigenvalue weighted by molar-refractivity contribution is -0.147. The number of para-hydroxylation sites is 4. The molecule has 2 saturated heterocycles. The highest BCUT2D eigenvalue weighted by molar-refractivity contribution is 9.10. The van der Waals surface area contributed by atoms with E-state index in [0.717, 1.165) is 4.90 Å². The summed E-state index contributed by atoms with van der Waals surface area (Å²) in [6.45, 7) is 0.814. The fraction of sp³-hybridized carbons (Fsp3) is 0.235. The summed E-state index contributed by atoms with van der Waals surface area (Å²) in [4.78, 5) is 26.5. The Morgan fingerprint density at radius 1 is 0.765 bits per heavy atom. The van der Waals surface area contributed by atoms with Gasteiger partial charge in [0.2, 0.25) is 5.91 Å². The van der Waals surface area contributed by atoms with Crippen LogP contribution in [0.2, 0.25) is 0 Å². The number of nitrogens with one attached hydrogen (secondary N) is 1. The van der Waals surface area contributed by atoms with E-state index in [1.165, 1.54) is 6.92 Å². The molecular formula is C34H33BrN2O12P2. The molecule has 4 aromatic rings. The van der Waals surface area contributed by atoms with E-state index in [-0.39, 0.29) is 29.4 Å². The van der Waals surface area contributed by atoms with Crippen LogP contribution >= 0.6 is 31.6 Å². The molecule has 2 fully saturated rings. The molecule has 0 bridgehead atoms. The van der Waals surface area contributed by atoms with E-state index in [1.54, 1.807) is 121 Å². The van der Waals surface area contributed by atoms with Gasteiger partial charge in [-0.05, 0) is 55.5 Å². The lowest BCUT2D eigenvalue weighted by Crippen LogP contribution is -2.68. The van der Waals surface area contributed by atoms with Crippen LogP contribution in [0.4, 0.5) is 4.79 Å². The number of amides is 3. The highest BCUT2D eigenvalue weighted by Crippen LogP contribution is 2.54. The molecule has 1 unspecified atom stereocenters. The number of ether oxygens (including phenoxy) is 1. The number of carbonyl (C=O) groups is 2. The number of phosphoric ester groups is 2. The lowest BCUT2D eigenvalue weighted by Gasteiger charge is -2.42. The molecule has 14 nitrogen and oxygen atoms in total. The first-order chi connectivity index (χ1) is 24.4. The van der Waals surface area contributed by atoms with Gasteiger partial charge in [0.05, 0.1) is 6.61 Å². The summed E-state index contributed by atoms with van der Waals surface area (Å²) in [6.07, 6.45) is -5.73. The van der Waals surface area contributed by atoms with E-state index < -0.39 is 63.2 Å². The number of hydrogen-bond acceptors (Lipinski definition) is 12. The molecule has 2 heterocycles. The van der Waals surface area contributed by atoms with Gasteiger partial charge < -0.3 is 27.9 Å². The molecular weight excluding hydrogens is 770 g/mol. The third kappa shape index (κ3) is 9.00. The van der Waals surface area contributed by atoms with Gasteiger partial charge in [-0.15, -0.1) is 0 Å². The van der Waals surface area contributed by atoms with E-state index in [9.17, 15) is 23.8 Å². The summed E-state index contributed by atoms with van der Waals surface area (Å²) in [6, 6.07) is 31.8. The zero-order valence-corrected chi connectivity index (χ0v) is 30.3. The van der Waals surface area contributed by atoms with Crippen molar-refractivity contribution >= 4 is 43.5 Å². The number of nitrogens with zero attached hydrogens (tertiary/aromatic N) is 1. The van der Waals surface area contributed by atoms with Crippen LogP contribution in [0.3, 0.4) is 0 Å². The molecule has 6 rings (SSSR count). The van der Waals surface area contributed by atoms with Crippen LogP contribution in [0.1, 0.15) is 13.3 Å². The van der Waals surface area contributed by atoms with E-state index in [4.69, 9.17) is 31.9 Å². The number of aliphatic hydroxyl groups excluding tert-OH is 1. The molecule has 3 amide bonds. The number of alkyl halides is 1. The minimum absolute atomic E-state index is 0.163. The van der Waals surface area contributed by atoms with Crippen LogP contribution in [-0.4, -0.2) is 57.5 Å². The summed E-state index contributed by atoms with van der Waals surface area (Å²) in [5, 5.41) is 13.3. The normalized spacial score (nSPS) is 23.7. The Hall–Kier alpha value is -4.20. The molecule has 0 aliphatic carbocycles. The standard InChI is InChI=1S/C34H33BrN2O12P2/c1-34(35)31(38)36-33(40)37(32(34)39)30-22-28(49-51(42,47-26-18-10-4-11-19-26)48-27-20-12-5-13-21-27)29(44-30)23-43-50(41,45-24-14-6-2-7-15-24)46-25-16-8-3-9-17-25/h2-21,28-30,32,39H,22-23H2,1H3,(H,36,38,40)/t28-,29+,30+,32-,34?/m0/s1. The Kier molecular flexibility index (Phi) is 11.2. The zero-order chi connectivity index (χ0) is 36.1. The summed E-state index contributed by atoms with van der Waals surface area (Å²) in [5.41, 5.74) is 0. The maximum absolute atomic E-state index is 14.4. The molecule has 2 aliphatic heterocycles. The van der Waals surface area contributed by atoms with Crippen molar-refractivity contribution in [2.75, 3.05) is 6.61 Å². The monoisotopic (exact) mass is 802 g/mol. The molecule has 0 spiro atoms. The fourth-order valence-corrected chi connectivity index (χ4v) is 8.09. The topological polar surface area (TPSA) is 168 Å². The van der Waals surface area contributed by atoms with Gasteiger partial charge in [0, 0.05) is 6.42 Å². The van der Waals surface area contributed by atoms with Gasteiger partial charge >= 0.3 is 21.7 Å². The van der Waals surface area contributed by atoms with Gasteiger partial charge in [-0.25, -0.2) is 13.9 Å². The van der Waals surface area contributed by atoms with Crippen molar-refractivity contribution in [1.29, 1.82) is 0 Å². The van der Waals surface area contributed by atoms with Gasteiger partial charge in [-0.3, -0.25) is 24.1 Å². The third-order valence-corrected chi connectivity index (χ3v) is 11.1. The number of phosphoric acid groups is 2. The smallest absolute Gasteiger partial charge is 0.395 e. The van der Waals surface area contributed by atoms with Crippen molar-refractivity contribution in [3.63, 3.8) is 0 Å². The second kappa shape index (κ2) is 15.6. The van der Waals surface area contributed by atoms with Gasteiger partial charge in [0.25, 0.3) is 0 Å². The molecule has 0 radical (unpaired) electrons. The molecule has 4 aromatic carbocycles. The zero-order valence-electron chi connectivity index (χ0n) is 26.9. The van der Waals surface area contributed by atoms with Crippen LogP contribution < -0.4 is 23.4 Å². The van der Waals surface area contributed by atoms with Crippen molar-refractivity contribution in [3.05, 3.63) is 121 Å². The van der Waals surface area contributed by atoms with Crippen LogP contribution in [0, 0.1) is 0 Å². The Bertz CT molecular complexity index is 1800. The van der Waals surface area contributed by atoms with Gasteiger partial charge in [0.15, 0.2) is 6.23 Å². The van der Waals surface area contributed by atoms with Gasteiger partial charge in [0.1, 0.15) is 45.8 Å². The van der Waals surface area contributed by atoms with Crippen molar-refractivity contribution in [2.45, 2.75) is 42.3 Å². The Morgan fingerprint density at radius 2 is 1.18 bits per heavy atom.